The zero-order chi connectivity index (χ0) is 15.2. The molecule has 6 heteroatoms. The van der Waals surface area contributed by atoms with Crippen LogP contribution >= 0.6 is 11.6 Å². The third-order valence-corrected chi connectivity index (χ3v) is 3.40. The van der Waals surface area contributed by atoms with E-state index in [1.165, 1.54) is 10.6 Å². The number of pyridine rings is 2. The molecular formula is C15H14ClN3O2. The number of ether oxygens (including phenoxy) is 1. The van der Waals surface area contributed by atoms with Crippen LogP contribution in [0.5, 0.6) is 5.75 Å². The van der Waals surface area contributed by atoms with Crippen LogP contribution in [0.4, 0.5) is 5.69 Å². The summed E-state index contributed by atoms with van der Waals surface area (Å²) in [5.74, 6) is 0.616. The molecule has 0 unspecified atom stereocenters. The molecular weight excluding hydrogens is 290 g/mol. The largest absolute Gasteiger partial charge is 0.481 e. The van der Waals surface area contributed by atoms with E-state index in [4.69, 9.17) is 22.1 Å². The Morgan fingerprint density at radius 3 is 2.95 bits per heavy atom. The smallest absolute Gasteiger partial charge is 0.274 e. The van der Waals surface area contributed by atoms with E-state index in [-0.39, 0.29) is 10.6 Å². The zero-order valence-corrected chi connectivity index (χ0v) is 12.4. The van der Waals surface area contributed by atoms with E-state index in [0.29, 0.717) is 22.8 Å². The van der Waals surface area contributed by atoms with Crippen molar-refractivity contribution in [1.82, 2.24) is 9.55 Å². The SMILES string of the molecule is CC1(C)C=C(n2cc(N)cc(Cl)c2=O)c2ncccc2O1. The Balaban J connectivity index is 2.30. The Morgan fingerprint density at radius 1 is 1.43 bits per heavy atom. The molecule has 1 aliphatic heterocycles. The number of fused-ring (bicyclic) bond motifs is 1. The molecule has 2 N–H and O–H groups in total. The van der Waals surface area contributed by atoms with E-state index in [0.717, 1.165) is 0 Å². The molecule has 0 aromatic carbocycles. The van der Waals surface area contributed by atoms with E-state index in [1.807, 2.05) is 26.0 Å². The Bertz CT molecular complexity index is 809. The summed E-state index contributed by atoms with van der Waals surface area (Å²) >= 11 is 5.94. The van der Waals surface area contributed by atoms with Crippen molar-refractivity contribution in [2.24, 2.45) is 0 Å². The number of nitrogen functional groups attached to an aromatic ring is 1. The van der Waals surface area contributed by atoms with Gasteiger partial charge < -0.3 is 10.5 Å². The van der Waals surface area contributed by atoms with Crippen molar-refractivity contribution >= 4 is 23.0 Å². The fourth-order valence-corrected chi connectivity index (χ4v) is 2.52. The van der Waals surface area contributed by atoms with Crippen LogP contribution in [-0.4, -0.2) is 15.2 Å². The predicted octanol–water partition coefficient (Wildman–Crippen LogP) is 2.54. The van der Waals surface area contributed by atoms with Gasteiger partial charge in [-0.15, -0.1) is 0 Å². The van der Waals surface area contributed by atoms with Gasteiger partial charge in [0.25, 0.3) is 5.56 Å². The molecule has 3 heterocycles. The monoisotopic (exact) mass is 303 g/mol. The first-order chi connectivity index (χ1) is 9.87. The van der Waals surface area contributed by atoms with Crippen LogP contribution in [0.15, 0.2) is 41.5 Å². The van der Waals surface area contributed by atoms with Crippen LogP contribution in [-0.2, 0) is 0 Å². The van der Waals surface area contributed by atoms with E-state index >= 15 is 0 Å². The highest BCUT2D eigenvalue weighted by Gasteiger charge is 2.28. The maximum atomic E-state index is 12.3. The summed E-state index contributed by atoms with van der Waals surface area (Å²) in [5, 5.41) is 0.0673. The summed E-state index contributed by atoms with van der Waals surface area (Å²) in [7, 11) is 0. The highest BCUT2D eigenvalue weighted by Crippen LogP contribution is 2.34. The number of rotatable bonds is 1. The molecule has 0 atom stereocenters. The fraction of sp³-hybridized carbons (Fsp3) is 0.200. The van der Waals surface area contributed by atoms with Crippen molar-refractivity contribution in [3.05, 3.63) is 57.7 Å². The molecule has 2 aromatic rings. The fourth-order valence-electron chi connectivity index (χ4n) is 2.31. The first-order valence-electron chi connectivity index (χ1n) is 6.43. The van der Waals surface area contributed by atoms with Crippen molar-refractivity contribution in [1.29, 1.82) is 0 Å². The highest BCUT2D eigenvalue weighted by atomic mass is 35.5. The standard InChI is InChI=1S/C15H14ClN3O2/c1-15(2)7-11(13-12(21-15)4-3-5-18-13)19-8-9(17)6-10(16)14(19)20/h3-8H,17H2,1-2H3. The average Bonchev–Trinajstić information content (AvgIpc) is 2.41. The highest BCUT2D eigenvalue weighted by molar-refractivity contribution is 6.30. The van der Waals surface area contributed by atoms with E-state index in [1.54, 1.807) is 18.5 Å². The van der Waals surface area contributed by atoms with Gasteiger partial charge in [-0.3, -0.25) is 14.3 Å². The van der Waals surface area contributed by atoms with Crippen LogP contribution < -0.4 is 16.0 Å². The number of hydrogen-bond donors (Lipinski definition) is 1. The van der Waals surface area contributed by atoms with Gasteiger partial charge in [0, 0.05) is 12.4 Å². The van der Waals surface area contributed by atoms with Crippen molar-refractivity contribution in [2.75, 3.05) is 5.73 Å². The third-order valence-electron chi connectivity index (χ3n) is 3.12. The predicted molar refractivity (Wildman–Crippen MR) is 82.4 cm³/mol. The quantitative estimate of drug-likeness (QED) is 0.879. The summed E-state index contributed by atoms with van der Waals surface area (Å²) in [4.78, 5) is 16.6. The first kappa shape index (κ1) is 13.7. The normalized spacial score (nSPS) is 15.9. The third kappa shape index (κ3) is 2.40. The molecule has 2 aromatic heterocycles. The maximum Gasteiger partial charge on any atom is 0.274 e. The summed E-state index contributed by atoms with van der Waals surface area (Å²) in [6.07, 6.45) is 5.02. The lowest BCUT2D eigenvalue weighted by Gasteiger charge is -2.30. The Hall–Kier alpha value is -2.27. The van der Waals surface area contributed by atoms with Crippen molar-refractivity contribution in [2.45, 2.75) is 19.4 Å². The second-order valence-corrected chi connectivity index (χ2v) is 5.79. The van der Waals surface area contributed by atoms with Gasteiger partial charge in [-0.1, -0.05) is 11.6 Å². The van der Waals surface area contributed by atoms with Gasteiger partial charge >= 0.3 is 0 Å². The zero-order valence-electron chi connectivity index (χ0n) is 11.6. The minimum atomic E-state index is -0.568. The molecule has 108 valence electrons. The lowest BCUT2D eigenvalue weighted by atomic mass is 10.0. The van der Waals surface area contributed by atoms with Crippen molar-refractivity contribution in [3.63, 3.8) is 0 Å². The van der Waals surface area contributed by atoms with Gasteiger partial charge in [-0.2, -0.15) is 0 Å². The molecule has 0 bridgehead atoms. The molecule has 0 spiro atoms. The summed E-state index contributed by atoms with van der Waals surface area (Å²) in [6, 6.07) is 5.04. The second kappa shape index (κ2) is 4.63. The van der Waals surface area contributed by atoms with Crippen LogP contribution in [0, 0.1) is 0 Å². The molecule has 21 heavy (non-hydrogen) atoms. The topological polar surface area (TPSA) is 70.1 Å². The molecule has 1 aliphatic rings. The van der Waals surface area contributed by atoms with Gasteiger partial charge in [-0.05, 0) is 38.1 Å². The maximum absolute atomic E-state index is 12.3. The number of hydrogen-bond acceptors (Lipinski definition) is 4. The molecule has 0 aliphatic carbocycles. The number of anilines is 1. The summed E-state index contributed by atoms with van der Waals surface area (Å²) in [5.41, 5.74) is 6.49. The van der Waals surface area contributed by atoms with Crippen LogP contribution in [0.2, 0.25) is 5.02 Å². The molecule has 0 radical (unpaired) electrons. The van der Waals surface area contributed by atoms with Crippen LogP contribution in [0.1, 0.15) is 19.5 Å². The van der Waals surface area contributed by atoms with Crippen LogP contribution in [0.25, 0.3) is 5.70 Å². The number of aromatic nitrogens is 2. The van der Waals surface area contributed by atoms with Gasteiger partial charge in [0.1, 0.15) is 22.1 Å². The molecule has 3 rings (SSSR count). The number of nitrogens with zero attached hydrogens (tertiary/aromatic N) is 2. The van der Waals surface area contributed by atoms with Gasteiger partial charge in [-0.25, -0.2) is 0 Å². The molecule has 0 fully saturated rings. The molecule has 0 saturated heterocycles. The van der Waals surface area contributed by atoms with Crippen molar-refractivity contribution in [3.8, 4) is 5.75 Å². The van der Waals surface area contributed by atoms with Gasteiger partial charge in [0.15, 0.2) is 0 Å². The summed E-state index contributed by atoms with van der Waals surface area (Å²) in [6.45, 7) is 3.81. The Morgan fingerprint density at radius 2 is 2.19 bits per heavy atom. The lowest BCUT2D eigenvalue weighted by molar-refractivity contribution is 0.156. The number of halogens is 1. The minimum absolute atomic E-state index is 0.0673. The average molecular weight is 304 g/mol. The first-order valence-corrected chi connectivity index (χ1v) is 6.80. The second-order valence-electron chi connectivity index (χ2n) is 5.38. The van der Waals surface area contributed by atoms with E-state index < -0.39 is 5.60 Å². The lowest BCUT2D eigenvalue weighted by Crippen LogP contribution is -2.32. The molecule has 0 amide bonds. The Labute approximate surface area is 126 Å². The van der Waals surface area contributed by atoms with E-state index in [2.05, 4.69) is 4.98 Å². The Kier molecular flexibility index (Phi) is 3.02. The van der Waals surface area contributed by atoms with Gasteiger partial charge in [0.2, 0.25) is 0 Å². The van der Waals surface area contributed by atoms with Crippen LogP contribution in [0.3, 0.4) is 0 Å². The molecule has 0 saturated carbocycles. The molecule has 5 nitrogen and oxygen atoms in total. The van der Waals surface area contributed by atoms with Gasteiger partial charge in [0.05, 0.1) is 11.4 Å². The summed E-state index contributed by atoms with van der Waals surface area (Å²) < 4.78 is 7.26. The minimum Gasteiger partial charge on any atom is -0.481 e. The number of nitrogens with two attached hydrogens (primary N) is 1. The van der Waals surface area contributed by atoms with E-state index in [9.17, 15) is 4.79 Å². The van der Waals surface area contributed by atoms with Crippen molar-refractivity contribution < 1.29 is 4.74 Å².